The molecule has 3 rings (SSSR count). The van der Waals surface area contributed by atoms with E-state index in [0.717, 1.165) is 33.9 Å². The number of fused-ring (bicyclic) bond motifs is 1. The van der Waals surface area contributed by atoms with E-state index in [-0.39, 0.29) is 5.91 Å². The van der Waals surface area contributed by atoms with Gasteiger partial charge >= 0.3 is 0 Å². The molecule has 0 saturated carbocycles. The van der Waals surface area contributed by atoms with Crippen LogP contribution in [-0.2, 0) is 11.2 Å². The van der Waals surface area contributed by atoms with Gasteiger partial charge in [-0.3, -0.25) is 9.69 Å². The molecule has 26 heavy (non-hydrogen) atoms. The number of aryl methyl sites for hydroxylation is 2. The van der Waals surface area contributed by atoms with Crippen molar-refractivity contribution < 1.29 is 4.79 Å². The van der Waals surface area contributed by atoms with E-state index in [4.69, 9.17) is 4.98 Å². The third-order valence-electron chi connectivity index (χ3n) is 4.38. The second kappa shape index (κ2) is 8.43. The highest BCUT2D eigenvalue weighted by Crippen LogP contribution is 2.31. The first-order valence-corrected chi connectivity index (χ1v) is 9.71. The lowest BCUT2D eigenvalue weighted by atomic mass is 10.1. The summed E-state index contributed by atoms with van der Waals surface area (Å²) in [5.41, 5.74) is 3.33. The summed E-state index contributed by atoms with van der Waals surface area (Å²) in [5.74, 6) is 0.132. The number of likely N-dealkylation sites (N-methyl/N-ethyl adjacent to an activating group) is 1. The first-order valence-electron chi connectivity index (χ1n) is 8.90. The molecule has 0 aliphatic rings. The van der Waals surface area contributed by atoms with Gasteiger partial charge in [0.25, 0.3) is 0 Å². The zero-order valence-electron chi connectivity index (χ0n) is 15.6. The topological polar surface area (TPSA) is 36.4 Å². The van der Waals surface area contributed by atoms with Gasteiger partial charge in [0.05, 0.1) is 10.2 Å². The Morgan fingerprint density at radius 3 is 2.50 bits per heavy atom. The van der Waals surface area contributed by atoms with Crippen LogP contribution in [-0.4, -0.2) is 43.0 Å². The molecule has 0 aliphatic heterocycles. The molecule has 5 heteroatoms. The first-order chi connectivity index (χ1) is 12.5. The largest absolute Gasteiger partial charge is 0.308 e. The molecule has 4 nitrogen and oxygen atoms in total. The summed E-state index contributed by atoms with van der Waals surface area (Å²) in [5, 5.41) is 0.800. The summed E-state index contributed by atoms with van der Waals surface area (Å²) in [6, 6.07) is 16.3. The quantitative estimate of drug-likeness (QED) is 0.630. The second-order valence-corrected chi connectivity index (χ2v) is 7.76. The van der Waals surface area contributed by atoms with Crippen molar-refractivity contribution in [2.75, 3.05) is 32.1 Å². The number of benzene rings is 2. The Morgan fingerprint density at radius 1 is 1.04 bits per heavy atom. The van der Waals surface area contributed by atoms with E-state index in [1.807, 2.05) is 43.3 Å². The van der Waals surface area contributed by atoms with Crippen LogP contribution in [0.2, 0.25) is 0 Å². The molecule has 0 radical (unpaired) electrons. The third-order valence-corrected chi connectivity index (χ3v) is 5.43. The summed E-state index contributed by atoms with van der Waals surface area (Å²) < 4.78 is 1.13. The number of hydrogen-bond acceptors (Lipinski definition) is 4. The Labute approximate surface area is 159 Å². The number of carbonyl (C=O) groups excluding carboxylic acids is 1. The van der Waals surface area contributed by atoms with E-state index >= 15 is 0 Å². The molecule has 0 fully saturated rings. The molecular weight excluding hydrogens is 342 g/mol. The van der Waals surface area contributed by atoms with Gasteiger partial charge < -0.3 is 4.90 Å². The maximum absolute atomic E-state index is 13.0. The summed E-state index contributed by atoms with van der Waals surface area (Å²) in [7, 11) is 4.05. The molecule has 0 N–H and O–H groups in total. The highest BCUT2D eigenvalue weighted by atomic mass is 32.1. The van der Waals surface area contributed by atoms with Gasteiger partial charge in [0.1, 0.15) is 0 Å². The predicted octanol–water partition coefficient (Wildman–Crippen LogP) is 4.13. The van der Waals surface area contributed by atoms with Crippen LogP contribution in [0.4, 0.5) is 5.13 Å². The van der Waals surface area contributed by atoms with E-state index in [0.29, 0.717) is 13.0 Å². The van der Waals surface area contributed by atoms with Crippen LogP contribution in [0.5, 0.6) is 0 Å². The number of thiazole rings is 1. The average molecular weight is 368 g/mol. The van der Waals surface area contributed by atoms with Crippen LogP contribution in [0.15, 0.2) is 48.5 Å². The second-order valence-electron chi connectivity index (χ2n) is 6.75. The lowest BCUT2D eigenvalue weighted by molar-refractivity contribution is -0.118. The molecule has 3 aromatic rings. The van der Waals surface area contributed by atoms with Crippen LogP contribution in [0, 0.1) is 6.92 Å². The van der Waals surface area contributed by atoms with Crippen molar-refractivity contribution in [1.82, 2.24) is 9.88 Å². The SMILES string of the molecule is Cc1cccc2sc(N(CCN(C)C)C(=O)CCc3ccccc3)nc12. The number of para-hydroxylation sites is 1. The minimum absolute atomic E-state index is 0.132. The molecule has 0 saturated heterocycles. The molecule has 1 heterocycles. The van der Waals surface area contributed by atoms with Crippen LogP contribution in [0.3, 0.4) is 0 Å². The van der Waals surface area contributed by atoms with Crippen molar-refractivity contribution in [3.8, 4) is 0 Å². The number of rotatable bonds is 7. The van der Waals surface area contributed by atoms with E-state index in [1.54, 1.807) is 11.3 Å². The van der Waals surface area contributed by atoms with Crippen LogP contribution in [0.1, 0.15) is 17.5 Å². The number of nitrogens with zero attached hydrogens (tertiary/aromatic N) is 3. The van der Waals surface area contributed by atoms with E-state index in [1.165, 1.54) is 5.56 Å². The Balaban J connectivity index is 1.81. The summed E-state index contributed by atoms with van der Waals surface area (Å²) in [4.78, 5) is 21.7. The molecular formula is C21H25N3OS. The number of aromatic nitrogens is 1. The van der Waals surface area contributed by atoms with Crippen LogP contribution >= 0.6 is 11.3 Å². The van der Waals surface area contributed by atoms with Crippen LogP contribution in [0.25, 0.3) is 10.2 Å². The Morgan fingerprint density at radius 2 is 1.81 bits per heavy atom. The normalized spacial score (nSPS) is 11.2. The van der Waals surface area contributed by atoms with E-state index < -0.39 is 0 Å². The molecule has 1 amide bonds. The average Bonchev–Trinajstić information content (AvgIpc) is 3.06. The predicted molar refractivity (Wildman–Crippen MR) is 110 cm³/mol. The number of carbonyl (C=O) groups is 1. The van der Waals surface area contributed by atoms with Gasteiger partial charge in [-0.15, -0.1) is 0 Å². The van der Waals surface area contributed by atoms with Crippen LogP contribution < -0.4 is 4.90 Å². The maximum atomic E-state index is 13.0. The number of anilines is 1. The van der Waals surface area contributed by atoms with E-state index in [9.17, 15) is 4.79 Å². The Bertz CT molecular complexity index is 873. The van der Waals surface area contributed by atoms with Crippen molar-refractivity contribution in [1.29, 1.82) is 0 Å². The fourth-order valence-corrected chi connectivity index (χ4v) is 3.93. The maximum Gasteiger partial charge on any atom is 0.229 e. The molecule has 0 spiro atoms. The standard InChI is InChI=1S/C21H25N3OS/c1-16-8-7-11-18-20(16)22-21(26-18)24(15-14-23(2)3)19(25)13-12-17-9-5-4-6-10-17/h4-11H,12-15H2,1-3H3. The lowest BCUT2D eigenvalue weighted by Gasteiger charge is -2.22. The van der Waals surface area contributed by atoms with Crippen molar-refractivity contribution in [3.63, 3.8) is 0 Å². The Kier molecular flexibility index (Phi) is 6.01. The van der Waals surface area contributed by atoms with Gasteiger partial charge in [0, 0.05) is 19.5 Å². The Hall–Kier alpha value is -2.24. The third kappa shape index (κ3) is 4.48. The molecule has 0 unspecified atom stereocenters. The highest BCUT2D eigenvalue weighted by molar-refractivity contribution is 7.22. The van der Waals surface area contributed by atoms with Crippen molar-refractivity contribution in [2.24, 2.45) is 0 Å². The fourth-order valence-electron chi connectivity index (χ4n) is 2.85. The van der Waals surface area contributed by atoms with Crippen molar-refractivity contribution >= 4 is 32.6 Å². The minimum Gasteiger partial charge on any atom is -0.308 e. The lowest BCUT2D eigenvalue weighted by Crippen LogP contribution is -2.36. The van der Waals surface area contributed by atoms with Gasteiger partial charge in [0.15, 0.2) is 5.13 Å². The molecule has 136 valence electrons. The fraction of sp³-hybridized carbons (Fsp3) is 0.333. The molecule has 2 aromatic carbocycles. The smallest absolute Gasteiger partial charge is 0.229 e. The van der Waals surface area contributed by atoms with Gasteiger partial charge in [0.2, 0.25) is 5.91 Å². The van der Waals surface area contributed by atoms with Crippen molar-refractivity contribution in [2.45, 2.75) is 19.8 Å². The number of amides is 1. The zero-order chi connectivity index (χ0) is 18.5. The van der Waals surface area contributed by atoms with Gasteiger partial charge in [-0.1, -0.05) is 53.8 Å². The van der Waals surface area contributed by atoms with Gasteiger partial charge in [-0.05, 0) is 44.6 Å². The molecule has 0 atom stereocenters. The zero-order valence-corrected chi connectivity index (χ0v) is 16.4. The molecule has 0 aliphatic carbocycles. The number of hydrogen-bond donors (Lipinski definition) is 0. The summed E-state index contributed by atoms with van der Waals surface area (Å²) in [6.07, 6.45) is 1.24. The van der Waals surface area contributed by atoms with E-state index in [2.05, 4.69) is 36.1 Å². The first kappa shape index (κ1) is 18.5. The molecule has 1 aromatic heterocycles. The monoisotopic (exact) mass is 367 g/mol. The summed E-state index contributed by atoms with van der Waals surface area (Å²) in [6.45, 7) is 3.53. The summed E-state index contributed by atoms with van der Waals surface area (Å²) >= 11 is 1.60. The highest BCUT2D eigenvalue weighted by Gasteiger charge is 2.20. The van der Waals surface area contributed by atoms with Gasteiger partial charge in [-0.25, -0.2) is 4.98 Å². The van der Waals surface area contributed by atoms with Crippen molar-refractivity contribution in [3.05, 3.63) is 59.7 Å². The van der Waals surface area contributed by atoms with Gasteiger partial charge in [-0.2, -0.15) is 0 Å². The minimum atomic E-state index is 0.132. The molecule has 0 bridgehead atoms.